The summed E-state index contributed by atoms with van der Waals surface area (Å²) in [5.74, 6) is -0.0937. The van der Waals surface area contributed by atoms with Crippen molar-refractivity contribution in [2.24, 2.45) is 5.92 Å². The Morgan fingerprint density at radius 2 is 1.70 bits per heavy atom. The second-order valence-corrected chi connectivity index (χ2v) is 7.06. The van der Waals surface area contributed by atoms with Gasteiger partial charge in [-0.1, -0.05) is 50.8 Å². The fourth-order valence-corrected chi connectivity index (χ4v) is 4.00. The monoisotopic (exact) mass is 316 g/mol. The minimum atomic E-state index is -0.755. The quantitative estimate of drug-likeness (QED) is 0.522. The van der Waals surface area contributed by atoms with Crippen LogP contribution in [-0.2, 0) is 0 Å². The van der Waals surface area contributed by atoms with Crippen LogP contribution in [0.4, 0.5) is 8.78 Å². The Hall–Kier alpha value is -1.44. The summed E-state index contributed by atoms with van der Waals surface area (Å²) in [6, 6.07) is 8.76. The predicted octanol–water partition coefficient (Wildman–Crippen LogP) is 6.97. The molecule has 1 saturated carbocycles. The lowest BCUT2D eigenvalue weighted by Gasteiger charge is -2.29. The molecule has 23 heavy (non-hydrogen) atoms. The molecule has 3 rings (SSSR count). The van der Waals surface area contributed by atoms with E-state index in [1.807, 2.05) is 12.1 Å². The molecular weight excluding hydrogens is 290 g/mol. The molecule has 0 N–H and O–H groups in total. The zero-order valence-corrected chi connectivity index (χ0v) is 14.0. The third kappa shape index (κ3) is 3.73. The Balaban J connectivity index is 1.69. The molecule has 124 valence electrons. The van der Waals surface area contributed by atoms with Crippen molar-refractivity contribution in [3.63, 3.8) is 0 Å². The SMILES string of the molecule is CCCCCC1CCC(c2ccc3ccc(F)c(F)c3c2)CC1. The van der Waals surface area contributed by atoms with Crippen LogP contribution in [0.15, 0.2) is 30.3 Å². The Bertz CT molecular complexity index is 654. The van der Waals surface area contributed by atoms with E-state index in [2.05, 4.69) is 13.0 Å². The van der Waals surface area contributed by atoms with Crippen LogP contribution in [0.2, 0.25) is 0 Å². The number of hydrogen-bond donors (Lipinski definition) is 0. The van der Waals surface area contributed by atoms with Gasteiger partial charge in [-0.3, -0.25) is 0 Å². The lowest BCUT2D eigenvalue weighted by atomic mass is 9.77. The summed E-state index contributed by atoms with van der Waals surface area (Å²) in [7, 11) is 0. The van der Waals surface area contributed by atoms with E-state index in [1.54, 1.807) is 6.07 Å². The average molecular weight is 316 g/mol. The first-order chi connectivity index (χ1) is 11.2. The van der Waals surface area contributed by atoms with Gasteiger partial charge < -0.3 is 0 Å². The van der Waals surface area contributed by atoms with Crippen molar-refractivity contribution < 1.29 is 8.78 Å². The van der Waals surface area contributed by atoms with E-state index in [1.165, 1.54) is 63.0 Å². The largest absolute Gasteiger partial charge is 0.204 e. The molecule has 0 unspecified atom stereocenters. The van der Waals surface area contributed by atoms with Gasteiger partial charge in [0, 0.05) is 5.39 Å². The van der Waals surface area contributed by atoms with Crippen LogP contribution in [0.25, 0.3) is 10.8 Å². The van der Waals surface area contributed by atoms with Crippen molar-refractivity contribution in [1.82, 2.24) is 0 Å². The Morgan fingerprint density at radius 3 is 2.43 bits per heavy atom. The highest BCUT2D eigenvalue weighted by Crippen LogP contribution is 2.38. The summed E-state index contributed by atoms with van der Waals surface area (Å²) < 4.78 is 27.5. The van der Waals surface area contributed by atoms with Crippen molar-refractivity contribution >= 4 is 10.8 Å². The first kappa shape index (κ1) is 16.4. The van der Waals surface area contributed by atoms with Gasteiger partial charge in [-0.05, 0) is 60.6 Å². The third-order valence-corrected chi connectivity index (χ3v) is 5.47. The second-order valence-electron chi connectivity index (χ2n) is 7.06. The van der Waals surface area contributed by atoms with Crippen LogP contribution in [0.1, 0.15) is 69.8 Å². The van der Waals surface area contributed by atoms with Crippen LogP contribution in [0.3, 0.4) is 0 Å². The van der Waals surface area contributed by atoms with Gasteiger partial charge in [-0.15, -0.1) is 0 Å². The zero-order chi connectivity index (χ0) is 16.2. The summed E-state index contributed by atoms with van der Waals surface area (Å²) >= 11 is 0. The molecule has 2 heteroatoms. The zero-order valence-electron chi connectivity index (χ0n) is 14.0. The molecule has 1 fully saturated rings. The van der Waals surface area contributed by atoms with Crippen LogP contribution in [0, 0.1) is 17.6 Å². The predicted molar refractivity (Wildman–Crippen MR) is 92.7 cm³/mol. The molecule has 0 aromatic heterocycles. The minimum Gasteiger partial charge on any atom is -0.204 e. The second kappa shape index (κ2) is 7.42. The van der Waals surface area contributed by atoms with E-state index in [-0.39, 0.29) is 0 Å². The molecule has 0 nitrogen and oxygen atoms in total. The average Bonchev–Trinajstić information content (AvgIpc) is 2.59. The van der Waals surface area contributed by atoms with Crippen molar-refractivity contribution in [2.75, 3.05) is 0 Å². The van der Waals surface area contributed by atoms with Crippen LogP contribution >= 0.6 is 0 Å². The van der Waals surface area contributed by atoms with Crippen LogP contribution in [0.5, 0.6) is 0 Å². The van der Waals surface area contributed by atoms with E-state index in [0.717, 1.165) is 11.3 Å². The van der Waals surface area contributed by atoms with Gasteiger partial charge in [0.25, 0.3) is 0 Å². The Labute approximate surface area is 137 Å². The van der Waals surface area contributed by atoms with Gasteiger partial charge in [-0.25, -0.2) is 8.78 Å². The minimum absolute atomic E-state index is 0.424. The normalized spacial score (nSPS) is 21.7. The highest BCUT2D eigenvalue weighted by Gasteiger charge is 2.22. The van der Waals surface area contributed by atoms with Crippen molar-refractivity contribution in [1.29, 1.82) is 0 Å². The molecule has 0 saturated heterocycles. The van der Waals surface area contributed by atoms with E-state index >= 15 is 0 Å². The number of hydrogen-bond acceptors (Lipinski definition) is 0. The van der Waals surface area contributed by atoms with Gasteiger partial charge in [-0.2, -0.15) is 0 Å². The standard InChI is InChI=1S/C21H26F2/c1-2-3-4-5-15-6-8-16(9-7-15)18-11-10-17-12-13-20(22)21(23)19(17)14-18/h10-16H,2-9H2,1H3. The van der Waals surface area contributed by atoms with Crippen LogP contribution in [-0.4, -0.2) is 0 Å². The molecule has 0 atom stereocenters. The molecule has 0 aliphatic heterocycles. The number of benzene rings is 2. The van der Waals surface area contributed by atoms with Crippen molar-refractivity contribution in [3.05, 3.63) is 47.5 Å². The lowest BCUT2D eigenvalue weighted by molar-refractivity contribution is 0.303. The first-order valence-corrected chi connectivity index (χ1v) is 9.06. The number of halogens is 2. The van der Waals surface area contributed by atoms with E-state index in [4.69, 9.17) is 0 Å². The van der Waals surface area contributed by atoms with Gasteiger partial charge in [0.05, 0.1) is 0 Å². The molecule has 0 radical (unpaired) electrons. The molecular formula is C21H26F2. The topological polar surface area (TPSA) is 0 Å². The molecule has 2 aromatic carbocycles. The highest BCUT2D eigenvalue weighted by atomic mass is 19.2. The number of fused-ring (bicyclic) bond motifs is 1. The summed E-state index contributed by atoms with van der Waals surface area (Å²) in [6.45, 7) is 2.25. The van der Waals surface area contributed by atoms with E-state index in [0.29, 0.717) is 11.3 Å². The van der Waals surface area contributed by atoms with Gasteiger partial charge >= 0.3 is 0 Å². The van der Waals surface area contributed by atoms with Crippen molar-refractivity contribution in [2.45, 2.75) is 64.2 Å². The number of unbranched alkanes of at least 4 members (excludes halogenated alkanes) is 2. The van der Waals surface area contributed by atoms with Crippen LogP contribution < -0.4 is 0 Å². The summed E-state index contributed by atoms with van der Waals surface area (Å²) in [5, 5.41) is 1.20. The molecule has 0 spiro atoms. The summed E-state index contributed by atoms with van der Waals surface area (Å²) in [4.78, 5) is 0. The molecule has 2 aromatic rings. The number of rotatable bonds is 5. The summed E-state index contributed by atoms with van der Waals surface area (Å²) in [5.41, 5.74) is 1.18. The highest BCUT2D eigenvalue weighted by molar-refractivity contribution is 5.84. The van der Waals surface area contributed by atoms with E-state index in [9.17, 15) is 8.78 Å². The Morgan fingerprint density at radius 1 is 0.957 bits per heavy atom. The maximum Gasteiger partial charge on any atom is 0.166 e. The van der Waals surface area contributed by atoms with Gasteiger partial charge in [0.1, 0.15) is 0 Å². The van der Waals surface area contributed by atoms with E-state index < -0.39 is 11.6 Å². The maximum absolute atomic E-state index is 14.0. The maximum atomic E-state index is 14.0. The molecule has 1 aliphatic rings. The molecule has 0 heterocycles. The van der Waals surface area contributed by atoms with Gasteiger partial charge in [0.2, 0.25) is 0 Å². The smallest absolute Gasteiger partial charge is 0.166 e. The molecule has 0 bridgehead atoms. The summed E-state index contributed by atoms with van der Waals surface area (Å²) in [6.07, 6.45) is 10.3. The van der Waals surface area contributed by atoms with Gasteiger partial charge in [0.15, 0.2) is 11.6 Å². The fourth-order valence-electron chi connectivity index (χ4n) is 4.00. The molecule has 1 aliphatic carbocycles. The lowest BCUT2D eigenvalue weighted by Crippen LogP contribution is -2.13. The molecule has 0 amide bonds. The van der Waals surface area contributed by atoms with Crippen molar-refractivity contribution in [3.8, 4) is 0 Å². The Kier molecular flexibility index (Phi) is 5.30. The first-order valence-electron chi connectivity index (χ1n) is 9.06. The third-order valence-electron chi connectivity index (χ3n) is 5.47. The fraction of sp³-hybridized carbons (Fsp3) is 0.524.